The van der Waals surface area contributed by atoms with Crippen molar-refractivity contribution in [3.63, 3.8) is 0 Å². The molecule has 0 unspecified atom stereocenters. The van der Waals surface area contributed by atoms with E-state index in [-0.39, 0.29) is 24.5 Å². The maximum Gasteiger partial charge on any atom is 0.418 e. The van der Waals surface area contributed by atoms with Gasteiger partial charge in [-0.25, -0.2) is 4.98 Å². The summed E-state index contributed by atoms with van der Waals surface area (Å²) in [7, 11) is 0. The molecule has 0 radical (unpaired) electrons. The van der Waals surface area contributed by atoms with Gasteiger partial charge in [-0.2, -0.15) is 13.2 Å². The van der Waals surface area contributed by atoms with Crippen LogP contribution < -0.4 is 5.32 Å². The molecular formula is C21H18F3N3O2S. The molecule has 156 valence electrons. The van der Waals surface area contributed by atoms with Crippen LogP contribution in [0.15, 0.2) is 60.0 Å². The summed E-state index contributed by atoms with van der Waals surface area (Å²) < 4.78 is 39.3. The summed E-state index contributed by atoms with van der Waals surface area (Å²) in [6, 6.07) is 14.0. The fourth-order valence-electron chi connectivity index (χ4n) is 2.78. The number of aromatic nitrogens is 1. The number of hydrogen-bond acceptors (Lipinski definition) is 4. The topological polar surface area (TPSA) is 62.3 Å². The molecule has 0 aliphatic carbocycles. The van der Waals surface area contributed by atoms with Gasteiger partial charge in [0.25, 0.3) is 5.91 Å². The van der Waals surface area contributed by atoms with Gasteiger partial charge in [-0.1, -0.05) is 42.5 Å². The monoisotopic (exact) mass is 433 g/mol. The van der Waals surface area contributed by atoms with E-state index in [1.54, 1.807) is 12.3 Å². The van der Waals surface area contributed by atoms with Gasteiger partial charge in [-0.05, 0) is 19.1 Å². The standard InChI is InChI=1S/C21H18F3N3O2S/c1-2-27(12-18(28)25-16-11-7-6-10-15(16)21(22,23)24)20(29)17-13-30-19(26-17)14-8-4-3-5-9-14/h3-11,13H,2,12H2,1H3,(H,25,28). The zero-order valence-corrected chi connectivity index (χ0v) is 16.8. The Hall–Kier alpha value is -3.20. The summed E-state index contributed by atoms with van der Waals surface area (Å²) in [5.74, 6) is -1.18. The quantitative estimate of drug-likeness (QED) is 0.600. The first-order valence-corrected chi connectivity index (χ1v) is 9.94. The Labute approximate surface area is 175 Å². The summed E-state index contributed by atoms with van der Waals surface area (Å²) in [5, 5.41) is 4.52. The second kappa shape index (κ2) is 9.08. The van der Waals surface area contributed by atoms with E-state index >= 15 is 0 Å². The highest BCUT2D eigenvalue weighted by molar-refractivity contribution is 7.13. The van der Waals surface area contributed by atoms with Crippen LogP contribution in [0.1, 0.15) is 23.0 Å². The average Bonchev–Trinajstić information content (AvgIpc) is 3.22. The number of thiazole rings is 1. The normalized spacial score (nSPS) is 11.2. The van der Waals surface area contributed by atoms with Crippen LogP contribution in [0.25, 0.3) is 10.6 Å². The summed E-state index contributed by atoms with van der Waals surface area (Å²) in [6.07, 6.45) is -4.60. The fraction of sp³-hybridized carbons (Fsp3) is 0.190. The number of carbonyl (C=O) groups is 2. The first kappa shape index (κ1) is 21.5. The SMILES string of the molecule is CCN(CC(=O)Nc1ccccc1C(F)(F)F)C(=O)c1csc(-c2ccccc2)n1. The van der Waals surface area contributed by atoms with Gasteiger partial charge in [-0.15, -0.1) is 11.3 Å². The molecule has 0 saturated heterocycles. The molecule has 0 aliphatic rings. The summed E-state index contributed by atoms with van der Waals surface area (Å²) >= 11 is 1.30. The molecule has 3 rings (SSSR count). The number of likely N-dealkylation sites (N-methyl/N-ethyl adjacent to an activating group) is 1. The number of rotatable bonds is 6. The molecule has 2 amide bonds. The third kappa shape index (κ3) is 5.04. The molecule has 0 spiro atoms. The molecule has 1 heterocycles. The number of anilines is 1. The van der Waals surface area contributed by atoms with Crippen LogP contribution in [0.2, 0.25) is 0 Å². The van der Waals surface area contributed by atoms with Gasteiger partial charge in [0.1, 0.15) is 17.2 Å². The molecule has 2 aromatic carbocycles. The van der Waals surface area contributed by atoms with Gasteiger partial charge >= 0.3 is 6.18 Å². The molecule has 1 aromatic heterocycles. The summed E-state index contributed by atoms with van der Waals surface area (Å²) in [4.78, 5) is 30.6. The molecule has 0 bridgehead atoms. The molecule has 0 saturated carbocycles. The highest BCUT2D eigenvalue weighted by Gasteiger charge is 2.33. The number of carbonyl (C=O) groups excluding carboxylic acids is 2. The highest BCUT2D eigenvalue weighted by Crippen LogP contribution is 2.34. The minimum Gasteiger partial charge on any atom is -0.328 e. The van der Waals surface area contributed by atoms with Gasteiger partial charge in [0.05, 0.1) is 11.3 Å². The number of para-hydroxylation sites is 1. The maximum atomic E-state index is 13.1. The second-order valence-corrected chi connectivity index (χ2v) is 7.17. The van der Waals surface area contributed by atoms with E-state index in [0.717, 1.165) is 11.6 Å². The lowest BCUT2D eigenvalue weighted by Gasteiger charge is -2.20. The zero-order chi connectivity index (χ0) is 21.7. The van der Waals surface area contributed by atoms with Gasteiger partial charge < -0.3 is 10.2 Å². The molecule has 0 fully saturated rings. The van der Waals surface area contributed by atoms with Crippen molar-refractivity contribution >= 4 is 28.8 Å². The minimum absolute atomic E-state index is 0.184. The van der Waals surface area contributed by atoms with Crippen molar-refractivity contribution in [3.05, 3.63) is 71.2 Å². The van der Waals surface area contributed by atoms with Crippen LogP contribution in [-0.4, -0.2) is 34.8 Å². The van der Waals surface area contributed by atoms with E-state index in [1.165, 1.54) is 34.4 Å². The van der Waals surface area contributed by atoms with Gasteiger partial charge in [0.2, 0.25) is 5.91 Å². The lowest BCUT2D eigenvalue weighted by atomic mass is 10.1. The van der Waals surface area contributed by atoms with E-state index in [0.29, 0.717) is 5.01 Å². The highest BCUT2D eigenvalue weighted by atomic mass is 32.1. The van der Waals surface area contributed by atoms with Crippen LogP contribution in [0.3, 0.4) is 0 Å². The van der Waals surface area contributed by atoms with E-state index in [9.17, 15) is 22.8 Å². The van der Waals surface area contributed by atoms with E-state index in [1.807, 2.05) is 30.3 Å². The number of alkyl halides is 3. The first-order chi connectivity index (χ1) is 14.3. The Morgan fingerprint density at radius 3 is 2.40 bits per heavy atom. The van der Waals surface area contributed by atoms with E-state index < -0.39 is 23.6 Å². The van der Waals surface area contributed by atoms with Crippen LogP contribution >= 0.6 is 11.3 Å². The Morgan fingerprint density at radius 1 is 1.07 bits per heavy atom. The number of nitrogens with one attached hydrogen (secondary N) is 1. The Bertz CT molecular complexity index is 1040. The third-order valence-corrected chi connectivity index (χ3v) is 5.15. The molecule has 1 N–H and O–H groups in total. The largest absolute Gasteiger partial charge is 0.418 e. The third-order valence-electron chi connectivity index (χ3n) is 4.25. The van der Waals surface area contributed by atoms with E-state index in [2.05, 4.69) is 10.3 Å². The second-order valence-electron chi connectivity index (χ2n) is 6.31. The maximum absolute atomic E-state index is 13.1. The summed E-state index contributed by atoms with van der Waals surface area (Å²) in [6.45, 7) is 1.49. The van der Waals surface area contributed by atoms with Crippen molar-refractivity contribution < 1.29 is 22.8 Å². The Balaban J connectivity index is 1.71. The minimum atomic E-state index is -4.60. The van der Waals surface area contributed by atoms with Crippen molar-refractivity contribution in [2.45, 2.75) is 13.1 Å². The van der Waals surface area contributed by atoms with Crippen molar-refractivity contribution in [3.8, 4) is 10.6 Å². The first-order valence-electron chi connectivity index (χ1n) is 9.06. The van der Waals surface area contributed by atoms with Crippen molar-refractivity contribution in [2.75, 3.05) is 18.4 Å². The molecule has 9 heteroatoms. The van der Waals surface area contributed by atoms with E-state index in [4.69, 9.17) is 0 Å². The van der Waals surface area contributed by atoms with Gasteiger partial charge in [0, 0.05) is 17.5 Å². The Kier molecular flexibility index (Phi) is 6.51. The van der Waals surface area contributed by atoms with Crippen LogP contribution in [0.5, 0.6) is 0 Å². The lowest BCUT2D eigenvalue weighted by molar-refractivity contribution is -0.137. The fourth-order valence-corrected chi connectivity index (χ4v) is 3.58. The lowest BCUT2D eigenvalue weighted by Crippen LogP contribution is -2.38. The molecule has 3 aromatic rings. The number of amides is 2. The molecular weight excluding hydrogens is 415 g/mol. The van der Waals surface area contributed by atoms with Crippen molar-refractivity contribution in [1.82, 2.24) is 9.88 Å². The van der Waals surface area contributed by atoms with Gasteiger partial charge in [0.15, 0.2) is 0 Å². The molecule has 5 nitrogen and oxygen atoms in total. The average molecular weight is 433 g/mol. The molecule has 0 aliphatic heterocycles. The van der Waals surface area contributed by atoms with Gasteiger partial charge in [-0.3, -0.25) is 9.59 Å². The zero-order valence-electron chi connectivity index (χ0n) is 15.9. The van der Waals surface area contributed by atoms with Crippen LogP contribution in [0.4, 0.5) is 18.9 Å². The smallest absolute Gasteiger partial charge is 0.328 e. The predicted octanol–water partition coefficient (Wildman–Crippen LogP) is 4.93. The molecule has 30 heavy (non-hydrogen) atoms. The van der Waals surface area contributed by atoms with Crippen molar-refractivity contribution in [1.29, 1.82) is 0 Å². The van der Waals surface area contributed by atoms with Crippen LogP contribution in [0, 0.1) is 0 Å². The predicted molar refractivity (Wildman–Crippen MR) is 109 cm³/mol. The summed E-state index contributed by atoms with van der Waals surface area (Å²) in [5.41, 5.74) is -0.242. The number of halogens is 3. The number of benzene rings is 2. The van der Waals surface area contributed by atoms with Crippen LogP contribution in [-0.2, 0) is 11.0 Å². The number of nitrogens with zero attached hydrogens (tertiary/aromatic N) is 2. The number of hydrogen-bond donors (Lipinski definition) is 1. The Morgan fingerprint density at radius 2 is 1.73 bits per heavy atom. The van der Waals surface area contributed by atoms with Crippen molar-refractivity contribution in [2.24, 2.45) is 0 Å². The molecule has 0 atom stereocenters.